The largest absolute Gasteiger partial charge is 0.325 e. The molecule has 200 valence electrons. The topological polar surface area (TPSA) is 113 Å². The zero-order chi connectivity index (χ0) is 27.9. The quantitative estimate of drug-likeness (QED) is 0.309. The molecule has 0 bridgehead atoms. The van der Waals surface area contributed by atoms with Gasteiger partial charge in [0.1, 0.15) is 6.54 Å². The standard InChI is InChI=1S/C28H24ClN3O5S2/c1-18-7-9-22(15-19(18)2)31-38(34,35)23-12-10-21(11-13-23)30-28(33)17-32-26-14-8-20(29)16-25(26)24-5-3-4-6-27(24)39(32,36)37/h3-16,31H,17H2,1-2H3,(H,30,33). The van der Waals surface area contributed by atoms with Gasteiger partial charge in [0.2, 0.25) is 5.91 Å². The lowest BCUT2D eigenvalue weighted by Gasteiger charge is -2.31. The fourth-order valence-corrected chi connectivity index (χ4v) is 7.21. The normalized spacial score (nSPS) is 13.8. The van der Waals surface area contributed by atoms with Gasteiger partial charge < -0.3 is 5.32 Å². The van der Waals surface area contributed by atoms with E-state index < -0.39 is 32.5 Å². The van der Waals surface area contributed by atoms with Crippen molar-refractivity contribution in [3.05, 3.63) is 101 Å². The van der Waals surface area contributed by atoms with Crippen LogP contribution in [0.25, 0.3) is 11.1 Å². The van der Waals surface area contributed by atoms with Crippen molar-refractivity contribution in [2.24, 2.45) is 0 Å². The molecular formula is C28H24ClN3O5S2. The molecule has 1 aliphatic rings. The Bertz CT molecular complexity index is 1820. The molecule has 0 radical (unpaired) electrons. The van der Waals surface area contributed by atoms with E-state index in [2.05, 4.69) is 10.0 Å². The molecule has 1 heterocycles. The first-order valence-corrected chi connectivity index (χ1v) is 15.2. The maximum absolute atomic E-state index is 13.4. The predicted molar refractivity (Wildman–Crippen MR) is 153 cm³/mol. The second kappa shape index (κ2) is 10.0. The Morgan fingerprint density at radius 1 is 0.846 bits per heavy atom. The van der Waals surface area contributed by atoms with Crippen LogP contribution in [0.1, 0.15) is 11.1 Å². The Hall–Kier alpha value is -3.86. The molecule has 0 spiro atoms. The minimum atomic E-state index is -4.02. The third-order valence-corrected chi connectivity index (χ3v) is 9.92. The number of amides is 1. The van der Waals surface area contributed by atoms with Crippen molar-refractivity contribution in [3.8, 4) is 11.1 Å². The number of aryl methyl sites for hydroxylation is 2. The Balaban J connectivity index is 1.34. The van der Waals surface area contributed by atoms with Crippen molar-refractivity contribution in [2.45, 2.75) is 23.6 Å². The van der Waals surface area contributed by atoms with E-state index in [0.717, 1.165) is 15.4 Å². The van der Waals surface area contributed by atoms with Crippen molar-refractivity contribution >= 4 is 54.6 Å². The molecule has 0 aromatic heterocycles. The number of carbonyl (C=O) groups excluding carboxylic acids is 1. The van der Waals surface area contributed by atoms with Gasteiger partial charge >= 0.3 is 0 Å². The van der Waals surface area contributed by atoms with Gasteiger partial charge in [-0.05, 0) is 85.6 Å². The average molecular weight is 582 g/mol. The number of nitrogens with zero attached hydrogens (tertiary/aromatic N) is 1. The summed E-state index contributed by atoms with van der Waals surface area (Å²) in [5, 5.41) is 3.09. The summed E-state index contributed by atoms with van der Waals surface area (Å²) in [4.78, 5) is 13.1. The van der Waals surface area contributed by atoms with Crippen molar-refractivity contribution in [2.75, 3.05) is 20.9 Å². The molecule has 1 aliphatic heterocycles. The van der Waals surface area contributed by atoms with Crippen LogP contribution in [0.2, 0.25) is 5.02 Å². The van der Waals surface area contributed by atoms with E-state index in [1.165, 1.54) is 30.3 Å². The Morgan fingerprint density at radius 2 is 1.54 bits per heavy atom. The lowest BCUT2D eigenvalue weighted by molar-refractivity contribution is -0.114. The molecule has 4 aromatic carbocycles. The second-order valence-electron chi connectivity index (χ2n) is 9.15. The van der Waals surface area contributed by atoms with E-state index in [4.69, 9.17) is 11.6 Å². The highest BCUT2D eigenvalue weighted by atomic mass is 35.5. The fourth-order valence-electron chi connectivity index (χ4n) is 4.34. The minimum Gasteiger partial charge on any atom is -0.325 e. The molecule has 0 saturated carbocycles. The van der Waals surface area contributed by atoms with Gasteiger partial charge in [0, 0.05) is 27.5 Å². The molecule has 1 amide bonds. The number of benzene rings is 4. The molecule has 5 rings (SSSR count). The van der Waals surface area contributed by atoms with Crippen LogP contribution in [0.3, 0.4) is 0 Å². The van der Waals surface area contributed by atoms with Gasteiger partial charge in [-0.1, -0.05) is 35.9 Å². The number of rotatable bonds is 6. The summed E-state index contributed by atoms with van der Waals surface area (Å²) in [7, 11) is -7.87. The van der Waals surface area contributed by atoms with Gasteiger partial charge in [-0.2, -0.15) is 0 Å². The number of halogens is 1. The maximum atomic E-state index is 13.4. The maximum Gasteiger partial charge on any atom is 0.265 e. The predicted octanol–water partition coefficient (Wildman–Crippen LogP) is 5.57. The van der Waals surface area contributed by atoms with Gasteiger partial charge in [-0.25, -0.2) is 16.8 Å². The van der Waals surface area contributed by atoms with Gasteiger partial charge in [0.15, 0.2) is 0 Å². The monoisotopic (exact) mass is 581 g/mol. The highest BCUT2D eigenvalue weighted by Gasteiger charge is 2.36. The van der Waals surface area contributed by atoms with E-state index in [9.17, 15) is 21.6 Å². The third-order valence-electron chi connectivity index (χ3n) is 6.47. The Morgan fingerprint density at radius 3 is 2.26 bits per heavy atom. The zero-order valence-electron chi connectivity index (χ0n) is 21.0. The lowest BCUT2D eigenvalue weighted by atomic mass is 10.0. The molecular weight excluding hydrogens is 558 g/mol. The Kier molecular flexibility index (Phi) is 6.88. The van der Waals surface area contributed by atoms with E-state index in [1.807, 2.05) is 19.9 Å². The molecule has 0 atom stereocenters. The van der Waals surface area contributed by atoms with Gasteiger partial charge in [-0.15, -0.1) is 0 Å². The van der Waals surface area contributed by atoms with Gasteiger partial charge in [-0.3, -0.25) is 13.8 Å². The summed E-state index contributed by atoms with van der Waals surface area (Å²) in [6.45, 7) is 3.35. The summed E-state index contributed by atoms with van der Waals surface area (Å²) >= 11 is 6.18. The number of hydrogen-bond donors (Lipinski definition) is 2. The summed E-state index contributed by atoms with van der Waals surface area (Å²) in [6, 6.07) is 22.2. The van der Waals surface area contributed by atoms with Crippen molar-refractivity contribution in [1.29, 1.82) is 0 Å². The third kappa shape index (κ3) is 5.23. The molecule has 0 aliphatic carbocycles. The van der Waals surface area contributed by atoms with Crippen LogP contribution in [0.15, 0.2) is 94.7 Å². The number of fused-ring (bicyclic) bond motifs is 3. The highest BCUT2D eigenvalue weighted by molar-refractivity contribution is 7.93. The summed E-state index contributed by atoms with van der Waals surface area (Å²) in [6.07, 6.45) is 0. The van der Waals surface area contributed by atoms with Crippen LogP contribution in [0.5, 0.6) is 0 Å². The number of sulfonamides is 2. The summed E-state index contributed by atoms with van der Waals surface area (Å²) in [5.41, 5.74) is 4.22. The van der Waals surface area contributed by atoms with E-state index in [-0.39, 0.29) is 9.79 Å². The lowest BCUT2D eigenvalue weighted by Crippen LogP contribution is -2.40. The van der Waals surface area contributed by atoms with E-state index in [0.29, 0.717) is 33.2 Å². The minimum absolute atomic E-state index is 0.0137. The van der Waals surface area contributed by atoms with Crippen LogP contribution in [-0.4, -0.2) is 29.3 Å². The first kappa shape index (κ1) is 26.7. The van der Waals surface area contributed by atoms with Crippen molar-refractivity contribution < 1.29 is 21.6 Å². The Labute approximate surface area is 232 Å². The zero-order valence-corrected chi connectivity index (χ0v) is 23.4. The number of nitrogens with one attached hydrogen (secondary N) is 2. The van der Waals surface area contributed by atoms with Crippen molar-refractivity contribution in [3.63, 3.8) is 0 Å². The van der Waals surface area contributed by atoms with Crippen LogP contribution in [-0.2, 0) is 24.8 Å². The van der Waals surface area contributed by atoms with Crippen LogP contribution in [0.4, 0.5) is 17.1 Å². The molecule has 2 N–H and O–H groups in total. The highest BCUT2D eigenvalue weighted by Crippen LogP contribution is 2.43. The second-order valence-corrected chi connectivity index (χ2v) is 13.1. The fraction of sp³-hybridized carbons (Fsp3) is 0.107. The number of anilines is 3. The molecule has 0 fully saturated rings. The molecule has 39 heavy (non-hydrogen) atoms. The molecule has 11 heteroatoms. The smallest absolute Gasteiger partial charge is 0.265 e. The van der Waals surface area contributed by atoms with E-state index in [1.54, 1.807) is 48.5 Å². The number of hydrogen-bond acceptors (Lipinski definition) is 5. The average Bonchev–Trinajstić information content (AvgIpc) is 2.89. The van der Waals surface area contributed by atoms with E-state index >= 15 is 0 Å². The van der Waals surface area contributed by atoms with Gasteiger partial charge in [0.25, 0.3) is 20.0 Å². The first-order valence-electron chi connectivity index (χ1n) is 11.9. The first-order chi connectivity index (χ1) is 18.5. The number of carbonyl (C=O) groups is 1. The molecule has 0 saturated heterocycles. The van der Waals surface area contributed by atoms with Gasteiger partial charge in [0.05, 0.1) is 15.5 Å². The molecule has 8 nitrogen and oxygen atoms in total. The van der Waals surface area contributed by atoms with Crippen LogP contribution < -0.4 is 14.3 Å². The molecule has 0 unspecified atom stereocenters. The summed E-state index contributed by atoms with van der Waals surface area (Å²) < 4.78 is 56.1. The van der Waals surface area contributed by atoms with Crippen LogP contribution >= 0.6 is 11.6 Å². The SMILES string of the molecule is Cc1ccc(NS(=O)(=O)c2ccc(NC(=O)CN3c4ccc(Cl)cc4-c4ccccc4S3(=O)=O)cc2)cc1C. The molecule has 4 aromatic rings. The van der Waals surface area contributed by atoms with Crippen LogP contribution in [0, 0.1) is 13.8 Å². The summed E-state index contributed by atoms with van der Waals surface area (Å²) in [5.74, 6) is -0.595. The van der Waals surface area contributed by atoms with Crippen molar-refractivity contribution in [1.82, 2.24) is 0 Å².